The van der Waals surface area contributed by atoms with Gasteiger partial charge in [0.1, 0.15) is 19.3 Å². The van der Waals surface area contributed by atoms with E-state index in [-0.39, 0.29) is 25.7 Å². The Labute approximate surface area is 586 Å². The smallest absolute Gasteiger partial charge is 0.462 e. The van der Waals surface area contributed by atoms with Crippen LogP contribution in [-0.2, 0) is 65.4 Å². The number of ether oxygens (including phenoxy) is 4. The number of rotatable bonds is 75. The van der Waals surface area contributed by atoms with E-state index in [0.717, 1.165) is 128 Å². The topological polar surface area (TPSA) is 237 Å². The fourth-order valence-electron chi connectivity index (χ4n) is 11.3. The van der Waals surface area contributed by atoms with E-state index in [1.165, 1.54) is 173 Å². The fourth-order valence-corrected chi connectivity index (χ4v) is 12.9. The van der Waals surface area contributed by atoms with Crippen LogP contribution in [0.1, 0.15) is 381 Å². The van der Waals surface area contributed by atoms with Gasteiger partial charge in [-0.25, -0.2) is 9.13 Å². The van der Waals surface area contributed by atoms with Gasteiger partial charge in [0.25, 0.3) is 0 Å². The molecule has 0 aromatic heterocycles. The third kappa shape index (κ3) is 70.0. The number of aliphatic hydroxyl groups is 1. The Morgan fingerprint density at radius 3 is 0.854 bits per heavy atom. The Balaban J connectivity index is 5.20. The second-order valence-electron chi connectivity index (χ2n) is 27.5. The van der Waals surface area contributed by atoms with Gasteiger partial charge in [0.15, 0.2) is 12.2 Å². The van der Waals surface area contributed by atoms with Gasteiger partial charge in [-0.1, -0.05) is 329 Å². The van der Waals surface area contributed by atoms with Crippen molar-refractivity contribution in [2.75, 3.05) is 39.6 Å². The third-order valence-electron chi connectivity index (χ3n) is 17.4. The minimum absolute atomic E-state index is 0.102. The molecule has 3 N–H and O–H groups in total. The first kappa shape index (κ1) is 93.5. The van der Waals surface area contributed by atoms with Gasteiger partial charge in [-0.05, 0) is 57.3 Å². The van der Waals surface area contributed by atoms with Gasteiger partial charge in [0.2, 0.25) is 0 Å². The molecule has 19 heteroatoms. The number of hydrogen-bond acceptors (Lipinski definition) is 15. The summed E-state index contributed by atoms with van der Waals surface area (Å²) in [5, 5.41) is 10.6. The first-order chi connectivity index (χ1) is 46.5. The minimum Gasteiger partial charge on any atom is -0.462 e. The van der Waals surface area contributed by atoms with Gasteiger partial charge in [0, 0.05) is 25.7 Å². The molecule has 96 heavy (non-hydrogen) atoms. The molecule has 0 amide bonds. The van der Waals surface area contributed by atoms with Crippen molar-refractivity contribution in [2.24, 2.45) is 5.92 Å². The number of hydrogen-bond donors (Lipinski definition) is 3. The molecule has 0 spiro atoms. The Morgan fingerprint density at radius 1 is 0.323 bits per heavy atom. The van der Waals surface area contributed by atoms with E-state index in [9.17, 15) is 43.2 Å². The van der Waals surface area contributed by atoms with E-state index in [1.807, 2.05) is 0 Å². The fraction of sp³-hybridized carbons (Fsp3) is 0.896. The molecule has 0 aromatic rings. The van der Waals surface area contributed by atoms with Crippen LogP contribution < -0.4 is 0 Å². The number of esters is 4. The predicted molar refractivity (Wildman–Crippen MR) is 391 cm³/mol. The molecular weight excluding hydrogens is 1260 g/mol. The van der Waals surface area contributed by atoms with Crippen molar-refractivity contribution >= 4 is 39.5 Å². The number of carbonyl (C=O) groups is 4. The molecule has 0 aliphatic rings. The SMILES string of the molecule is CCCCCC/C=C\C=C/CCCCCCCC(=O)OC[C@H](COP(=O)(O)OC[C@@H](O)COP(=O)(O)OC[C@@H](COC(=O)CCCCCCCCC)OC(=O)CCCCCCCCCCCCC(C)C)OC(=O)CCCCCCCCCCCCCCCCCCCCCCC. The maximum absolute atomic E-state index is 13.1. The number of phosphoric acid groups is 2. The maximum Gasteiger partial charge on any atom is 0.472 e. The monoisotopic (exact) mass is 1410 g/mol. The van der Waals surface area contributed by atoms with Crippen LogP contribution >= 0.6 is 15.6 Å². The second-order valence-corrected chi connectivity index (χ2v) is 30.4. The van der Waals surface area contributed by atoms with Crippen molar-refractivity contribution in [3.63, 3.8) is 0 Å². The molecule has 17 nitrogen and oxygen atoms in total. The Bertz CT molecular complexity index is 1930. The summed E-state index contributed by atoms with van der Waals surface area (Å²) in [4.78, 5) is 72.7. The summed E-state index contributed by atoms with van der Waals surface area (Å²) in [6.07, 6.45) is 62.1. The number of carbonyl (C=O) groups excluding carboxylic acids is 4. The average molecular weight is 1410 g/mol. The summed E-state index contributed by atoms with van der Waals surface area (Å²) < 4.78 is 68.4. The van der Waals surface area contributed by atoms with E-state index in [0.29, 0.717) is 25.7 Å². The largest absolute Gasteiger partial charge is 0.472 e. The van der Waals surface area contributed by atoms with Crippen molar-refractivity contribution in [1.82, 2.24) is 0 Å². The summed E-state index contributed by atoms with van der Waals surface area (Å²) in [5.41, 5.74) is 0. The van der Waals surface area contributed by atoms with E-state index >= 15 is 0 Å². The van der Waals surface area contributed by atoms with Gasteiger partial charge in [0.05, 0.1) is 26.4 Å². The van der Waals surface area contributed by atoms with Crippen LogP contribution in [0.5, 0.6) is 0 Å². The van der Waals surface area contributed by atoms with Crippen LogP contribution in [0.25, 0.3) is 0 Å². The van der Waals surface area contributed by atoms with Crippen LogP contribution in [0.2, 0.25) is 0 Å². The lowest BCUT2D eigenvalue weighted by molar-refractivity contribution is -0.161. The van der Waals surface area contributed by atoms with Crippen molar-refractivity contribution in [2.45, 2.75) is 400 Å². The van der Waals surface area contributed by atoms with Gasteiger partial charge >= 0.3 is 39.5 Å². The van der Waals surface area contributed by atoms with Crippen LogP contribution in [-0.4, -0.2) is 96.7 Å². The molecule has 2 unspecified atom stereocenters. The van der Waals surface area contributed by atoms with Crippen LogP contribution in [0.4, 0.5) is 0 Å². The van der Waals surface area contributed by atoms with E-state index in [4.69, 9.17) is 37.0 Å². The van der Waals surface area contributed by atoms with Crippen molar-refractivity contribution in [1.29, 1.82) is 0 Å². The molecule has 0 fully saturated rings. The highest BCUT2D eigenvalue weighted by atomic mass is 31.2. The van der Waals surface area contributed by atoms with E-state index in [2.05, 4.69) is 58.9 Å². The third-order valence-corrected chi connectivity index (χ3v) is 19.3. The normalized spacial score (nSPS) is 14.1. The van der Waals surface area contributed by atoms with Gasteiger partial charge in [-0.3, -0.25) is 37.3 Å². The van der Waals surface area contributed by atoms with Crippen LogP contribution in [0.15, 0.2) is 24.3 Å². The van der Waals surface area contributed by atoms with Crippen LogP contribution in [0.3, 0.4) is 0 Å². The molecule has 0 saturated carbocycles. The zero-order valence-corrected chi connectivity index (χ0v) is 63.8. The first-order valence-corrected chi connectivity index (χ1v) is 42.4. The number of unbranched alkanes of at least 4 members (excludes halogenated alkanes) is 44. The zero-order valence-electron chi connectivity index (χ0n) is 62.0. The molecule has 0 aliphatic carbocycles. The predicted octanol–water partition coefficient (Wildman–Crippen LogP) is 22.4. The lowest BCUT2D eigenvalue weighted by Gasteiger charge is -2.21. The van der Waals surface area contributed by atoms with Gasteiger partial charge in [-0.15, -0.1) is 0 Å². The van der Waals surface area contributed by atoms with Gasteiger partial charge in [-0.2, -0.15) is 0 Å². The Morgan fingerprint density at radius 2 is 0.562 bits per heavy atom. The molecule has 0 heterocycles. The quantitative estimate of drug-likeness (QED) is 0.0169. The minimum atomic E-state index is -4.96. The van der Waals surface area contributed by atoms with Crippen LogP contribution in [0, 0.1) is 5.92 Å². The average Bonchev–Trinajstić information content (AvgIpc) is 1.28. The summed E-state index contributed by atoms with van der Waals surface area (Å²) in [6, 6.07) is 0. The van der Waals surface area contributed by atoms with E-state index < -0.39 is 97.5 Å². The van der Waals surface area contributed by atoms with E-state index in [1.54, 1.807) is 0 Å². The van der Waals surface area contributed by atoms with Gasteiger partial charge < -0.3 is 33.8 Å². The summed E-state index contributed by atoms with van der Waals surface area (Å²) >= 11 is 0. The molecular formula is C77H146O17P2. The molecule has 566 valence electrons. The second kappa shape index (κ2) is 69.6. The summed E-state index contributed by atoms with van der Waals surface area (Å²) in [6.45, 7) is 7.17. The Hall–Kier alpha value is -2.46. The standard InChI is InChI=1S/C77H146O17P2/c1-6-9-12-15-18-20-22-24-26-27-28-29-30-31-33-35-37-42-47-52-57-62-76(81)94-73(67-88-75(80)61-56-51-46-41-36-34-32-25-23-21-19-16-13-10-7-2)69-92-96(85,86)90-65-71(78)64-89-95(83,84)91-68-72(66-87-74(79)60-55-50-44-17-14-11-8-3)93-77(82)63-58-53-48-43-39-38-40-45-49-54-59-70(4)5/h21,23,25,32,70-73,78H,6-20,22,24,26-31,33-69H2,1-5H3,(H,83,84)(H,85,86)/b23-21-,32-25-/t71-,72+,73+/m0/s1. The number of phosphoric ester groups is 2. The molecule has 0 rings (SSSR count). The molecule has 0 aromatic carbocycles. The number of aliphatic hydroxyl groups excluding tert-OH is 1. The lowest BCUT2D eigenvalue weighted by Crippen LogP contribution is -2.30. The molecule has 0 bridgehead atoms. The van der Waals surface area contributed by atoms with Crippen molar-refractivity contribution in [3.8, 4) is 0 Å². The van der Waals surface area contributed by atoms with Crippen molar-refractivity contribution < 1.29 is 80.2 Å². The zero-order chi connectivity index (χ0) is 70.5. The van der Waals surface area contributed by atoms with Crippen molar-refractivity contribution in [3.05, 3.63) is 24.3 Å². The highest BCUT2D eigenvalue weighted by Crippen LogP contribution is 2.45. The lowest BCUT2D eigenvalue weighted by atomic mass is 10.0. The summed E-state index contributed by atoms with van der Waals surface area (Å²) in [5.74, 6) is -1.40. The highest BCUT2D eigenvalue weighted by molar-refractivity contribution is 7.47. The first-order valence-electron chi connectivity index (χ1n) is 39.5. The maximum atomic E-state index is 13.1. The summed E-state index contributed by atoms with van der Waals surface area (Å²) in [7, 11) is -9.92. The highest BCUT2D eigenvalue weighted by Gasteiger charge is 2.30. The molecule has 0 saturated heterocycles. The molecule has 5 atom stereocenters. The number of allylic oxidation sites excluding steroid dienone is 4. The Kier molecular flexibility index (Phi) is 67.8. The molecule has 0 aliphatic heterocycles. The molecule has 0 radical (unpaired) electrons.